The molecule has 1 rings (SSSR count). The van der Waals surface area contributed by atoms with Crippen molar-refractivity contribution in [2.24, 2.45) is 0 Å². The van der Waals surface area contributed by atoms with Gasteiger partial charge < -0.3 is 5.32 Å². The zero-order valence-electron chi connectivity index (χ0n) is 6.67. The van der Waals surface area contributed by atoms with Crippen molar-refractivity contribution < 1.29 is 13.2 Å². The van der Waals surface area contributed by atoms with Crippen molar-refractivity contribution in [3.63, 3.8) is 0 Å². The number of halogens is 3. The van der Waals surface area contributed by atoms with E-state index in [1.807, 2.05) is 0 Å². The molecule has 13 heavy (non-hydrogen) atoms. The second kappa shape index (κ2) is 4.64. The van der Waals surface area contributed by atoms with E-state index in [4.69, 9.17) is 0 Å². The van der Waals surface area contributed by atoms with Crippen LogP contribution in [0.4, 0.5) is 19.1 Å². The quantitative estimate of drug-likeness (QED) is 0.786. The molecule has 0 aliphatic rings. The smallest absolute Gasteiger partial charge is 0.240 e. The lowest BCUT2D eigenvalue weighted by Crippen LogP contribution is -2.08. The molecular formula is C7H8F3N3. The highest BCUT2D eigenvalue weighted by Crippen LogP contribution is 2.01. The molecule has 0 aromatic carbocycles. The van der Waals surface area contributed by atoms with E-state index in [0.717, 1.165) is 12.4 Å². The minimum absolute atomic E-state index is 0.0727. The maximum absolute atomic E-state index is 12.3. The van der Waals surface area contributed by atoms with E-state index in [9.17, 15) is 13.2 Å². The van der Waals surface area contributed by atoms with Gasteiger partial charge in [0.1, 0.15) is 0 Å². The average Bonchev–Trinajstić information content (AvgIpc) is 2.08. The average molecular weight is 191 g/mol. The third-order valence-corrected chi connectivity index (χ3v) is 1.27. The molecular weight excluding hydrogens is 183 g/mol. The number of aromatic nitrogens is 2. The van der Waals surface area contributed by atoms with Crippen molar-refractivity contribution in [1.82, 2.24) is 9.97 Å². The molecule has 0 bridgehead atoms. The molecule has 0 fully saturated rings. The summed E-state index contributed by atoms with van der Waals surface area (Å²) >= 11 is 0. The molecule has 0 spiro atoms. The van der Waals surface area contributed by atoms with Crippen LogP contribution in [0, 0.1) is 5.82 Å². The highest BCUT2D eigenvalue weighted by Gasteiger charge is 2.02. The second-order valence-electron chi connectivity index (χ2n) is 2.33. The highest BCUT2D eigenvalue weighted by atomic mass is 19.3. The van der Waals surface area contributed by atoms with Crippen LogP contribution in [0.2, 0.25) is 0 Å². The fraction of sp³-hybridized carbons (Fsp3) is 0.429. The maximum atomic E-state index is 12.3. The summed E-state index contributed by atoms with van der Waals surface area (Å²) in [5.74, 6) is -0.401. The Morgan fingerprint density at radius 1 is 1.31 bits per heavy atom. The van der Waals surface area contributed by atoms with E-state index in [0.29, 0.717) is 0 Å². The first-order valence-corrected chi connectivity index (χ1v) is 3.68. The number of nitrogens with one attached hydrogen (secondary N) is 1. The summed E-state index contributed by atoms with van der Waals surface area (Å²) in [6.45, 7) is 0.0727. The van der Waals surface area contributed by atoms with Crippen LogP contribution in [-0.2, 0) is 0 Å². The first kappa shape index (κ1) is 9.76. The molecule has 1 N–H and O–H groups in total. The molecule has 72 valence electrons. The first-order chi connectivity index (χ1) is 6.18. The Kier molecular flexibility index (Phi) is 3.48. The van der Waals surface area contributed by atoms with E-state index < -0.39 is 12.2 Å². The molecule has 6 heteroatoms. The minimum atomic E-state index is -2.35. The van der Waals surface area contributed by atoms with Crippen molar-refractivity contribution in [2.75, 3.05) is 11.9 Å². The number of hydrogen-bond donors (Lipinski definition) is 1. The lowest BCUT2D eigenvalue weighted by molar-refractivity contribution is 0.142. The molecule has 1 aromatic rings. The van der Waals surface area contributed by atoms with Crippen LogP contribution in [-0.4, -0.2) is 22.9 Å². The summed E-state index contributed by atoms with van der Waals surface area (Å²) in [5, 5.41) is 2.53. The lowest BCUT2D eigenvalue weighted by Gasteiger charge is -2.02. The van der Waals surface area contributed by atoms with Gasteiger partial charge in [-0.3, -0.25) is 0 Å². The van der Waals surface area contributed by atoms with Crippen LogP contribution >= 0.6 is 0 Å². The zero-order valence-corrected chi connectivity index (χ0v) is 6.67. The van der Waals surface area contributed by atoms with Crippen molar-refractivity contribution in [2.45, 2.75) is 12.8 Å². The standard InChI is InChI=1S/C7H8F3N3/c8-5-3-12-7(13-4-5)11-2-1-6(9)10/h3-4,6H,1-2H2,(H,11,12,13). The summed E-state index contributed by atoms with van der Waals surface area (Å²) in [4.78, 5) is 7.07. The van der Waals surface area contributed by atoms with Crippen LogP contribution < -0.4 is 5.32 Å². The number of rotatable bonds is 4. The molecule has 0 saturated heterocycles. The third-order valence-electron chi connectivity index (χ3n) is 1.27. The fourth-order valence-corrected chi connectivity index (χ4v) is 0.697. The summed E-state index contributed by atoms with van der Waals surface area (Å²) in [6, 6.07) is 0. The highest BCUT2D eigenvalue weighted by molar-refractivity contribution is 5.21. The van der Waals surface area contributed by atoms with Crippen molar-refractivity contribution >= 4 is 5.95 Å². The van der Waals surface area contributed by atoms with Gasteiger partial charge in [0.2, 0.25) is 12.4 Å². The topological polar surface area (TPSA) is 37.8 Å². The number of hydrogen-bond acceptors (Lipinski definition) is 3. The fourth-order valence-electron chi connectivity index (χ4n) is 0.697. The number of anilines is 1. The summed E-state index contributed by atoms with van der Waals surface area (Å²) in [5.41, 5.74) is 0. The van der Waals surface area contributed by atoms with Crippen molar-refractivity contribution in [1.29, 1.82) is 0 Å². The van der Waals surface area contributed by atoms with E-state index in [-0.39, 0.29) is 18.9 Å². The summed E-state index contributed by atoms with van der Waals surface area (Å²) in [6.07, 6.45) is -0.691. The molecule has 3 nitrogen and oxygen atoms in total. The minimum Gasteiger partial charge on any atom is -0.354 e. The molecule has 0 aliphatic heterocycles. The predicted octanol–water partition coefficient (Wildman–Crippen LogP) is 1.68. The predicted molar refractivity (Wildman–Crippen MR) is 41.1 cm³/mol. The zero-order chi connectivity index (χ0) is 9.68. The van der Waals surface area contributed by atoms with E-state index in [1.54, 1.807) is 0 Å². The first-order valence-electron chi connectivity index (χ1n) is 3.68. The Balaban J connectivity index is 2.33. The van der Waals surface area contributed by atoms with Gasteiger partial charge in [0.15, 0.2) is 5.82 Å². The van der Waals surface area contributed by atoms with Crippen LogP contribution in [0.3, 0.4) is 0 Å². The van der Waals surface area contributed by atoms with Crippen LogP contribution in [0.25, 0.3) is 0 Å². The summed E-state index contributed by atoms with van der Waals surface area (Å²) < 4.78 is 35.6. The van der Waals surface area contributed by atoms with Gasteiger partial charge >= 0.3 is 0 Å². The second-order valence-corrected chi connectivity index (χ2v) is 2.33. The van der Waals surface area contributed by atoms with Gasteiger partial charge in [-0.05, 0) is 0 Å². The Morgan fingerprint density at radius 2 is 1.92 bits per heavy atom. The molecule has 0 amide bonds. The van der Waals surface area contributed by atoms with Crippen LogP contribution in [0.1, 0.15) is 6.42 Å². The monoisotopic (exact) mass is 191 g/mol. The van der Waals surface area contributed by atoms with E-state index in [2.05, 4.69) is 15.3 Å². The molecule has 0 atom stereocenters. The van der Waals surface area contributed by atoms with Crippen molar-refractivity contribution in [3.8, 4) is 0 Å². The lowest BCUT2D eigenvalue weighted by atomic mass is 10.4. The van der Waals surface area contributed by atoms with Gasteiger partial charge in [0, 0.05) is 13.0 Å². The van der Waals surface area contributed by atoms with Gasteiger partial charge in [-0.1, -0.05) is 0 Å². The molecule has 0 saturated carbocycles. The molecule has 1 aromatic heterocycles. The largest absolute Gasteiger partial charge is 0.354 e. The molecule has 0 aliphatic carbocycles. The van der Waals surface area contributed by atoms with Crippen LogP contribution in [0.5, 0.6) is 0 Å². The van der Waals surface area contributed by atoms with Gasteiger partial charge in [-0.15, -0.1) is 0 Å². The van der Waals surface area contributed by atoms with Gasteiger partial charge in [-0.25, -0.2) is 23.1 Å². The Bertz CT molecular complexity index is 250. The van der Waals surface area contributed by atoms with Gasteiger partial charge in [0.05, 0.1) is 12.4 Å². The van der Waals surface area contributed by atoms with Gasteiger partial charge in [0.25, 0.3) is 0 Å². The number of alkyl halides is 2. The van der Waals surface area contributed by atoms with E-state index >= 15 is 0 Å². The molecule has 0 unspecified atom stereocenters. The third kappa shape index (κ3) is 3.73. The Labute approximate surface area is 73.0 Å². The summed E-state index contributed by atoms with van der Waals surface area (Å²) in [7, 11) is 0. The molecule has 0 radical (unpaired) electrons. The number of nitrogens with zero attached hydrogens (tertiary/aromatic N) is 2. The normalized spacial score (nSPS) is 10.5. The maximum Gasteiger partial charge on any atom is 0.240 e. The Hall–Kier alpha value is -1.33. The Morgan fingerprint density at radius 3 is 2.46 bits per heavy atom. The molecule has 1 heterocycles. The van der Waals surface area contributed by atoms with E-state index in [1.165, 1.54) is 0 Å². The van der Waals surface area contributed by atoms with Crippen molar-refractivity contribution in [3.05, 3.63) is 18.2 Å². The van der Waals surface area contributed by atoms with Crippen LogP contribution in [0.15, 0.2) is 12.4 Å². The SMILES string of the molecule is Fc1cnc(NCCC(F)F)nc1. The van der Waals surface area contributed by atoms with Gasteiger partial charge in [-0.2, -0.15) is 0 Å².